The fourth-order valence-electron chi connectivity index (χ4n) is 2.25. The predicted molar refractivity (Wildman–Crippen MR) is 102 cm³/mol. The maximum atomic E-state index is 12.6. The molecule has 0 fully saturated rings. The summed E-state index contributed by atoms with van der Waals surface area (Å²) in [5.74, 6) is -0.149. The molecule has 0 radical (unpaired) electrons. The van der Waals surface area contributed by atoms with Crippen molar-refractivity contribution in [3.05, 3.63) is 53.1 Å². The van der Waals surface area contributed by atoms with Gasteiger partial charge in [0.1, 0.15) is 5.75 Å². The number of hydrogen-bond donors (Lipinski definition) is 1. The summed E-state index contributed by atoms with van der Waals surface area (Å²) in [5.41, 5.74) is 0.798. The standard InChI is InChI=1S/C18H18ClN3O4S/c1-3-26-17-8-7-15(10-16(17)19)27(24,25)22(2)12-18(23)21-14-6-4-5-13(9-14)11-20/h4-10H,3,12H2,1-2H3,(H,21,23). The first-order chi connectivity index (χ1) is 12.8. The number of halogens is 1. The van der Waals surface area contributed by atoms with Crippen LogP contribution in [0.1, 0.15) is 12.5 Å². The Morgan fingerprint density at radius 2 is 2.04 bits per heavy atom. The molecule has 0 unspecified atom stereocenters. The van der Waals surface area contributed by atoms with Gasteiger partial charge in [-0.05, 0) is 43.3 Å². The third-order valence-electron chi connectivity index (χ3n) is 3.55. The predicted octanol–water partition coefficient (Wildman–Crippen LogP) is 2.87. The maximum absolute atomic E-state index is 12.6. The molecule has 0 bridgehead atoms. The molecule has 142 valence electrons. The van der Waals surface area contributed by atoms with Crippen LogP contribution in [0.4, 0.5) is 5.69 Å². The summed E-state index contributed by atoms with van der Waals surface area (Å²) in [6.45, 7) is 1.79. The Kier molecular flexibility index (Phi) is 6.80. The lowest BCUT2D eigenvalue weighted by Crippen LogP contribution is -2.35. The Hall–Kier alpha value is -2.60. The van der Waals surface area contributed by atoms with Crippen LogP contribution in [0, 0.1) is 11.3 Å². The average Bonchev–Trinajstić information content (AvgIpc) is 2.63. The van der Waals surface area contributed by atoms with Crippen LogP contribution < -0.4 is 10.1 Å². The number of nitrogens with zero attached hydrogens (tertiary/aromatic N) is 2. The van der Waals surface area contributed by atoms with Gasteiger partial charge in [-0.25, -0.2) is 8.42 Å². The second kappa shape index (κ2) is 8.86. The highest BCUT2D eigenvalue weighted by atomic mass is 35.5. The SMILES string of the molecule is CCOc1ccc(S(=O)(=O)N(C)CC(=O)Nc2cccc(C#N)c2)cc1Cl. The van der Waals surface area contributed by atoms with Crippen molar-refractivity contribution in [2.75, 3.05) is 25.5 Å². The van der Waals surface area contributed by atoms with E-state index in [0.29, 0.717) is 23.6 Å². The zero-order valence-electron chi connectivity index (χ0n) is 14.8. The number of carbonyl (C=O) groups excluding carboxylic acids is 1. The lowest BCUT2D eigenvalue weighted by molar-refractivity contribution is -0.116. The van der Waals surface area contributed by atoms with Crippen molar-refractivity contribution in [1.29, 1.82) is 5.26 Å². The van der Waals surface area contributed by atoms with Crippen molar-refractivity contribution >= 4 is 33.2 Å². The minimum atomic E-state index is -3.91. The zero-order chi connectivity index (χ0) is 20.0. The van der Waals surface area contributed by atoms with E-state index in [2.05, 4.69) is 5.32 Å². The van der Waals surface area contributed by atoms with Gasteiger partial charge in [0.05, 0.1) is 34.7 Å². The largest absolute Gasteiger partial charge is 0.492 e. The summed E-state index contributed by atoms with van der Waals surface area (Å²) in [4.78, 5) is 12.1. The molecule has 0 aliphatic carbocycles. The molecule has 2 rings (SSSR count). The van der Waals surface area contributed by atoms with Gasteiger partial charge in [0.15, 0.2) is 0 Å². The number of sulfonamides is 1. The van der Waals surface area contributed by atoms with Crippen molar-refractivity contribution in [2.24, 2.45) is 0 Å². The molecule has 2 aromatic rings. The van der Waals surface area contributed by atoms with Gasteiger partial charge in [0.25, 0.3) is 0 Å². The van der Waals surface area contributed by atoms with Gasteiger partial charge in [-0.3, -0.25) is 4.79 Å². The summed E-state index contributed by atoms with van der Waals surface area (Å²) < 4.78 is 31.5. The Balaban J connectivity index is 2.11. The van der Waals surface area contributed by atoms with Crippen LogP contribution in [0.15, 0.2) is 47.4 Å². The van der Waals surface area contributed by atoms with E-state index in [0.717, 1.165) is 4.31 Å². The molecular formula is C18H18ClN3O4S. The third-order valence-corrected chi connectivity index (χ3v) is 5.65. The topological polar surface area (TPSA) is 99.5 Å². The number of nitriles is 1. The number of hydrogen-bond acceptors (Lipinski definition) is 5. The lowest BCUT2D eigenvalue weighted by atomic mass is 10.2. The van der Waals surface area contributed by atoms with Gasteiger partial charge < -0.3 is 10.1 Å². The van der Waals surface area contributed by atoms with E-state index in [1.807, 2.05) is 6.07 Å². The van der Waals surface area contributed by atoms with E-state index in [-0.39, 0.29) is 9.92 Å². The van der Waals surface area contributed by atoms with Crippen molar-refractivity contribution in [1.82, 2.24) is 4.31 Å². The molecule has 2 aromatic carbocycles. The minimum absolute atomic E-state index is 0.0438. The van der Waals surface area contributed by atoms with Crippen LogP contribution in [0.3, 0.4) is 0 Å². The van der Waals surface area contributed by atoms with Crippen LogP contribution in [-0.2, 0) is 14.8 Å². The first kappa shape index (κ1) is 20.7. The van der Waals surface area contributed by atoms with Gasteiger partial charge in [-0.15, -0.1) is 0 Å². The molecule has 1 N–H and O–H groups in total. The number of ether oxygens (including phenoxy) is 1. The number of benzene rings is 2. The van der Waals surface area contributed by atoms with Crippen LogP contribution in [0.5, 0.6) is 5.75 Å². The highest BCUT2D eigenvalue weighted by molar-refractivity contribution is 7.89. The highest BCUT2D eigenvalue weighted by Crippen LogP contribution is 2.28. The number of amides is 1. The van der Waals surface area contributed by atoms with Gasteiger partial charge in [0, 0.05) is 12.7 Å². The fraction of sp³-hybridized carbons (Fsp3) is 0.222. The van der Waals surface area contributed by atoms with Crippen LogP contribution in [0.25, 0.3) is 0 Å². The highest BCUT2D eigenvalue weighted by Gasteiger charge is 2.24. The van der Waals surface area contributed by atoms with Gasteiger partial charge in [-0.2, -0.15) is 9.57 Å². The zero-order valence-corrected chi connectivity index (χ0v) is 16.3. The quantitative estimate of drug-likeness (QED) is 0.760. The van der Waals surface area contributed by atoms with Crippen LogP contribution in [-0.4, -0.2) is 38.8 Å². The smallest absolute Gasteiger partial charge is 0.243 e. The molecule has 0 saturated carbocycles. The summed E-state index contributed by atoms with van der Waals surface area (Å²) in [7, 11) is -2.62. The summed E-state index contributed by atoms with van der Waals surface area (Å²) >= 11 is 6.05. The molecule has 0 aliphatic heterocycles. The van der Waals surface area contributed by atoms with E-state index in [1.54, 1.807) is 25.1 Å². The maximum Gasteiger partial charge on any atom is 0.243 e. The number of anilines is 1. The van der Waals surface area contributed by atoms with Gasteiger partial charge >= 0.3 is 0 Å². The van der Waals surface area contributed by atoms with E-state index in [4.69, 9.17) is 21.6 Å². The molecule has 9 heteroatoms. The normalized spacial score (nSPS) is 11.1. The minimum Gasteiger partial charge on any atom is -0.492 e. The first-order valence-corrected chi connectivity index (χ1v) is 9.78. The molecule has 0 saturated heterocycles. The van der Waals surface area contributed by atoms with Crippen LogP contribution >= 0.6 is 11.6 Å². The summed E-state index contributed by atoms with van der Waals surface area (Å²) in [6, 6.07) is 12.4. The number of carbonyl (C=O) groups is 1. The molecule has 1 amide bonds. The molecule has 0 aliphatic rings. The van der Waals surface area contributed by atoms with E-state index in [1.165, 1.54) is 31.3 Å². The molecule has 0 atom stereocenters. The van der Waals surface area contributed by atoms with Gasteiger partial charge in [0.2, 0.25) is 15.9 Å². The lowest BCUT2D eigenvalue weighted by Gasteiger charge is -2.17. The number of rotatable bonds is 7. The Morgan fingerprint density at radius 3 is 2.67 bits per heavy atom. The monoisotopic (exact) mass is 407 g/mol. The van der Waals surface area contributed by atoms with Crippen molar-refractivity contribution in [3.63, 3.8) is 0 Å². The molecule has 0 aromatic heterocycles. The fourth-order valence-corrected chi connectivity index (χ4v) is 3.70. The molecular weight excluding hydrogens is 390 g/mol. The van der Waals surface area contributed by atoms with Crippen molar-refractivity contribution < 1.29 is 17.9 Å². The Morgan fingerprint density at radius 1 is 1.30 bits per heavy atom. The van der Waals surface area contributed by atoms with E-state index in [9.17, 15) is 13.2 Å². The number of likely N-dealkylation sites (N-methyl/N-ethyl adjacent to an activating group) is 1. The molecule has 0 heterocycles. The third kappa shape index (κ3) is 5.20. The van der Waals surface area contributed by atoms with Crippen molar-refractivity contribution in [3.8, 4) is 11.8 Å². The Labute approximate surface area is 163 Å². The van der Waals surface area contributed by atoms with Crippen LogP contribution in [0.2, 0.25) is 5.02 Å². The van der Waals surface area contributed by atoms with Crippen molar-refractivity contribution in [2.45, 2.75) is 11.8 Å². The number of nitrogens with one attached hydrogen (secondary N) is 1. The van der Waals surface area contributed by atoms with E-state index >= 15 is 0 Å². The molecule has 27 heavy (non-hydrogen) atoms. The Bertz CT molecular complexity index is 986. The molecule has 0 spiro atoms. The summed E-state index contributed by atoms with van der Waals surface area (Å²) in [6.07, 6.45) is 0. The summed E-state index contributed by atoms with van der Waals surface area (Å²) in [5, 5.41) is 11.6. The second-order valence-electron chi connectivity index (χ2n) is 5.53. The average molecular weight is 408 g/mol. The first-order valence-electron chi connectivity index (χ1n) is 7.96. The second-order valence-corrected chi connectivity index (χ2v) is 7.98. The van der Waals surface area contributed by atoms with E-state index < -0.39 is 22.5 Å². The van der Waals surface area contributed by atoms with Gasteiger partial charge in [-0.1, -0.05) is 17.7 Å². The molecule has 7 nitrogen and oxygen atoms in total.